The quantitative estimate of drug-likeness (QED) is 0.205. The van der Waals surface area contributed by atoms with Crippen LogP contribution in [-0.4, -0.2) is 0 Å². The first-order valence-electron chi connectivity index (χ1n) is 14.3. The minimum Gasteiger partial charge on any atom is -0.309 e. The Kier molecular flexibility index (Phi) is 6.05. The second kappa shape index (κ2) is 10.3. The van der Waals surface area contributed by atoms with E-state index in [1.807, 2.05) is 11.3 Å². The van der Waals surface area contributed by atoms with E-state index in [4.69, 9.17) is 0 Å². The van der Waals surface area contributed by atoms with E-state index < -0.39 is 0 Å². The summed E-state index contributed by atoms with van der Waals surface area (Å²) in [6, 6.07) is 59.2. The summed E-state index contributed by atoms with van der Waals surface area (Å²) in [6.45, 7) is 0. The zero-order valence-corrected chi connectivity index (χ0v) is 23.8. The van der Waals surface area contributed by atoms with E-state index in [0.29, 0.717) is 0 Å². The van der Waals surface area contributed by atoms with Gasteiger partial charge in [0.05, 0.1) is 11.4 Å². The van der Waals surface area contributed by atoms with Gasteiger partial charge >= 0.3 is 0 Å². The highest BCUT2D eigenvalue weighted by Gasteiger charge is 2.22. The third-order valence-corrected chi connectivity index (χ3v) is 9.20. The average Bonchev–Trinajstić information content (AvgIpc) is 3.45. The van der Waals surface area contributed by atoms with E-state index in [1.54, 1.807) is 0 Å². The molecule has 1 aromatic heterocycles. The molecule has 0 spiro atoms. The predicted octanol–water partition coefficient (Wildman–Crippen LogP) is 12.0. The lowest BCUT2D eigenvalue weighted by Crippen LogP contribution is -2.11. The molecule has 0 aliphatic carbocycles. The molecule has 0 saturated carbocycles. The Balaban J connectivity index is 1.46. The molecule has 198 valence electrons. The summed E-state index contributed by atoms with van der Waals surface area (Å²) in [5, 5.41) is 5.09. The number of para-hydroxylation sites is 1. The van der Waals surface area contributed by atoms with Crippen LogP contribution in [0.2, 0.25) is 0 Å². The van der Waals surface area contributed by atoms with Crippen molar-refractivity contribution in [1.29, 1.82) is 0 Å². The first-order chi connectivity index (χ1) is 20.8. The van der Waals surface area contributed by atoms with Gasteiger partial charge in [0.15, 0.2) is 0 Å². The van der Waals surface area contributed by atoms with Crippen LogP contribution in [0.4, 0.5) is 17.1 Å². The van der Waals surface area contributed by atoms with E-state index in [-0.39, 0.29) is 0 Å². The van der Waals surface area contributed by atoms with Crippen molar-refractivity contribution in [2.75, 3.05) is 4.90 Å². The number of nitrogens with zero attached hydrogens (tertiary/aromatic N) is 1. The molecular weight excluding hydrogens is 527 g/mol. The molecule has 8 aromatic rings. The van der Waals surface area contributed by atoms with Crippen molar-refractivity contribution < 1.29 is 0 Å². The van der Waals surface area contributed by atoms with Crippen molar-refractivity contribution in [3.8, 4) is 22.3 Å². The minimum atomic E-state index is 1.13. The van der Waals surface area contributed by atoms with Crippen LogP contribution in [0.1, 0.15) is 0 Å². The van der Waals surface area contributed by atoms with E-state index >= 15 is 0 Å². The van der Waals surface area contributed by atoms with Crippen LogP contribution < -0.4 is 4.90 Å². The number of thiophene rings is 1. The van der Waals surface area contributed by atoms with Crippen LogP contribution in [0.15, 0.2) is 164 Å². The van der Waals surface area contributed by atoms with Gasteiger partial charge in [-0.1, -0.05) is 127 Å². The topological polar surface area (TPSA) is 3.24 Å². The fourth-order valence-electron chi connectivity index (χ4n) is 6.15. The largest absolute Gasteiger partial charge is 0.309 e. The van der Waals surface area contributed by atoms with Crippen LogP contribution in [0, 0.1) is 0 Å². The molecule has 42 heavy (non-hydrogen) atoms. The van der Waals surface area contributed by atoms with Crippen molar-refractivity contribution in [2.24, 2.45) is 0 Å². The predicted molar refractivity (Wildman–Crippen MR) is 182 cm³/mol. The van der Waals surface area contributed by atoms with Crippen molar-refractivity contribution in [2.45, 2.75) is 0 Å². The Morgan fingerprint density at radius 2 is 1.07 bits per heavy atom. The molecule has 0 bridgehead atoms. The second-order valence-corrected chi connectivity index (χ2v) is 11.6. The monoisotopic (exact) mass is 553 g/mol. The molecule has 0 amide bonds. The molecule has 0 N–H and O–H groups in total. The van der Waals surface area contributed by atoms with Crippen LogP contribution >= 0.6 is 11.3 Å². The molecule has 0 unspecified atom stereocenters. The van der Waals surface area contributed by atoms with Crippen LogP contribution in [0.25, 0.3) is 53.2 Å². The Bertz CT molecular complexity index is 2190. The summed E-state index contributed by atoms with van der Waals surface area (Å²) in [4.78, 5) is 2.46. The zero-order valence-electron chi connectivity index (χ0n) is 22.9. The Hall–Kier alpha value is -5.18. The molecule has 2 heteroatoms. The molecule has 0 radical (unpaired) electrons. The van der Waals surface area contributed by atoms with Crippen molar-refractivity contribution in [1.82, 2.24) is 0 Å². The number of hydrogen-bond acceptors (Lipinski definition) is 2. The maximum atomic E-state index is 2.46. The molecule has 1 nitrogen and oxygen atoms in total. The number of hydrogen-bond donors (Lipinski definition) is 0. The summed E-state index contributed by atoms with van der Waals surface area (Å²) in [7, 11) is 0. The standard InChI is InChI=1S/C40H27NS/c1-3-13-29(14-4-1)34-26-25-30(33-21-11-16-28-15-7-8-19-32(28)33)27-37(34)41(31-17-5-2-6-18-31)36-22-12-24-39-40(36)35-20-9-10-23-38(35)42-39/h1-27H. The minimum absolute atomic E-state index is 1.13. The maximum Gasteiger partial charge on any atom is 0.0555 e. The van der Waals surface area contributed by atoms with E-state index in [2.05, 4.69) is 169 Å². The zero-order chi connectivity index (χ0) is 27.9. The molecular formula is C40H27NS. The van der Waals surface area contributed by atoms with Gasteiger partial charge in [-0.2, -0.15) is 0 Å². The van der Waals surface area contributed by atoms with Crippen molar-refractivity contribution in [3.05, 3.63) is 164 Å². The lowest BCUT2D eigenvalue weighted by Gasteiger charge is -2.29. The van der Waals surface area contributed by atoms with Gasteiger partial charge in [-0.05, 0) is 63.9 Å². The SMILES string of the molecule is c1ccc(-c2ccc(-c3cccc4ccccc34)cc2N(c2ccccc2)c2cccc3sc4ccccc4c23)cc1. The molecule has 0 saturated heterocycles. The Morgan fingerprint density at radius 3 is 1.93 bits per heavy atom. The molecule has 0 atom stereocenters. The maximum absolute atomic E-state index is 2.46. The normalized spacial score (nSPS) is 11.3. The van der Waals surface area contributed by atoms with E-state index in [1.165, 1.54) is 58.9 Å². The fraction of sp³-hybridized carbons (Fsp3) is 0. The van der Waals surface area contributed by atoms with Gasteiger partial charge in [-0.15, -0.1) is 11.3 Å². The van der Waals surface area contributed by atoms with E-state index in [9.17, 15) is 0 Å². The van der Waals surface area contributed by atoms with Crippen LogP contribution in [0.5, 0.6) is 0 Å². The van der Waals surface area contributed by atoms with Gasteiger partial charge in [-0.25, -0.2) is 0 Å². The highest BCUT2D eigenvalue weighted by atomic mass is 32.1. The van der Waals surface area contributed by atoms with Gasteiger partial charge in [-0.3, -0.25) is 0 Å². The lowest BCUT2D eigenvalue weighted by atomic mass is 9.94. The van der Waals surface area contributed by atoms with E-state index in [0.717, 1.165) is 11.4 Å². The van der Waals surface area contributed by atoms with Crippen LogP contribution in [-0.2, 0) is 0 Å². The Labute approximate surface area is 249 Å². The Morgan fingerprint density at radius 1 is 0.405 bits per heavy atom. The number of rotatable bonds is 5. The van der Waals surface area contributed by atoms with Gasteiger partial charge in [0.2, 0.25) is 0 Å². The smallest absolute Gasteiger partial charge is 0.0555 e. The molecule has 0 aliphatic rings. The molecule has 0 aliphatic heterocycles. The molecule has 0 fully saturated rings. The molecule has 7 aromatic carbocycles. The third-order valence-electron chi connectivity index (χ3n) is 8.06. The lowest BCUT2D eigenvalue weighted by molar-refractivity contribution is 1.30. The van der Waals surface area contributed by atoms with Gasteiger partial charge in [0, 0.05) is 31.4 Å². The van der Waals surface area contributed by atoms with Gasteiger partial charge < -0.3 is 4.90 Å². The summed E-state index contributed by atoms with van der Waals surface area (Å²) < 4.78 is 2.60. The van der Waals surface area contributed by atoms with Crippen LogP contribution in [0.3, 0.4) is 0 Å². The average molecular weight is 554 g/mol. The highest BCUT2D eigenvalue weighted by molar-refractivity contribution is 7.26. The summed E-state index contributed by atoms with van der Waals surface area (Å²) in [5.41, 5.74) is 8.29. The van der Waals surface area contributed by atoms with Crippen molar-refractivity contribution >= 4 is 59.3 Å². The second-order valence-electron chi connectivity index (χ2n) is 10.5. The molecule has 1 heterocycles. The number of benzene rings is 7. The van der Waals surface area contributed by atoms with Gasteiger partial charge in [0.1, 0.15) is 0 Å². The summed E-state index contributed by atoms with van der Waals surface area (Å²) in [6.07, 6.45) is 0. The summed E-state index contributed by atoms with van der Waals surface area (Å²) in [5.74, 6) is 0. The number of anilines is 3. The first kappa shape index (κ1) is 24.6. The first-order valence-corrected chi connectivity index (χ1v) is 15.1. The summed E-state index contributed by atoms with van der Waals surface area (Å²) >= 11 is 1.86. The number of fused-ring (bicyclic) bond motifs is 4. The highest BCUT2D eigenvalue weighted by Crippen LogP contribution is 2.48. The van der Waals surface area contributed by atoms with Gasteiger partial charge in [0.25, 0.3) is 0 Å². The third kappa shape index (κ3) is 4.16. The molecule has 8 rings (SSSR count). The fourth-order valence-corrected chi connectivity index (χ4v) is 7.28. The van der Waals surface area contributed by atoms with Crippen molar-refractivity contribution in [3.63, 3.8) is 0 Å².